The van der Waals surface area contributed by atoms with Crippen molar-refractivity contribution < 1.29 is 4.42 Å². The molecule has 6 aromatic carbocycles. The Kier molecular flexibility index (Phi) is 5.32. The second-order valence-electron chi connectivity index (χ2n) is 11.4. The summed E-state index contributed by atoms with van der Waals surface area (Å²) in [4.78, 5) is 10.3. The van der Waals surface area contributed by atoms with Crippen molar-refractivity contribution in [2.45, 2.75) is 0 Å². The normalized spacial score (nSPS) is 12.0. The molecular formula is C40H22N2OS2. The standard InChI is InChI=1S/C40H22N2OS2/c1-4-10-34-26(7-1)27-16-15-25(19-35(27)43-34)40-41-32(23-13-17-30-28-8-2-5-11-36(28)44-38(30)20-23)22-33(42-40)24-14-18-31-29-9-3-6-12-37(29)45-39(31)21-24/h1-22H. The number of hydrogen-bond acceptors (Lipinski definition) is 5. The quantitative estimate of drug-likeness (QED) is 0.200. The molecule has 0 aliphatic heterocycles. The molecule has 0 unspecified atom stereocenters. The lowest BCUT2D eigenvalue weighted by atomic mass is 10.0. The van der Waals surface area contributed by atoms with Crippen LogP contribution in [0.4, 0.5) is 0 Å². The highest BCUT2D eigenvalue weighted by Gasteiger charge is 2.16. The zero-order valence-corrected chi connectivity index (χ0v) is 25.5. The Labute approximate surface area is 265 Å². The van der Waals surface area contributed by atoms with Crippen molar-refractivity contribution in [2.75, 3.05) is 0 Å². The molecule has 45 heavy (non-hydrogen) atoms. The third kappa shape index (κ3) is 3.95. The summed E-state index contributed by atoms with van der Waals surface area (Å²) >= 11 is 3.65. The molecule has 0 bridgehead atoms. The van der Waals surface area contributed by atoms with E-state index >= 15 is 0 Å². The molecule has 4 aromatic heterocycles. The van der Waals surface area contributed by atoms with Crippen molar-refractivity contribution in [2.24, 2.45) is 0 Å². The van der Waals surface area contributed by atoms with Gasteiger partial charge in [0, 0.05) is 67.8 Å². The van der Waals surface area contributed by atoms with E-state index < -0.39 is 0 Å². The Hall–Kier alpha value is -5.36. The average molecular weight is 611 g/mol. The number of para-hydroxylation sites is 1. The van der Waals surface area contributed by atoms with E-state index in [4.69, 9.17) is 14.4 Å². The first kappa shape index (κ1) is 25.0. The van der Waals surface area contributed by atoms with Gasteiger partial charge in [0.15, 0.2) is 5.82 Å². The van der Waals surface area contributed by atoms with Gasteiger partial charge < -0.3 is 4.42 Å². The van der Waals surface area contributed by atoms with Gasteiger partial charge in [0.25, 0.3) is 0 Å². The highest BCUT2D eigenvalue weighted by molar-refractivity contribution is 7.26. The molecule has 0 spiro atoms. The summed E-state index contributed by atoms with van der Waals surface area (Å²) in [6, 6.07) is 47.2. The number of nitrogens with zero attached hydrogens (tertiary/aromatic N) is 2. The lowest BCUT2D eigenvalue weighted by molar-refractivity contribution is 0.669. The molecule has 4 heterocycles. The maximum absolute atomic E-state index is 6.25. The van der Waals surface area contributed by atoms with Crippen molar-refractivity contribution in [1.29, 1.82) is 0 Å². The van der Waals surface area contributed by atoms with E-state index in [-0.39, 0.29) is 0 Å². The predicted octanol–water partition coefficient (Wildman–Crippen LogP) is 12.1. The summed E-state index contributed by atoms with van der Waals surface area (Å²) in [6.45, 7) is 0. The lowest BCUT2D eigenvalue weighted by Gasteiger charge is -2.10. The second kappa shape index (κ2) is 9.57. The fourth-order valence-corrected chi connectivity index (χ4v) is 8.80. The van der Waals surface area contributed by atoms with Gasteiger partial charge in [0.05, 0.1) is 11.4 Å². The van der Waals surface area contributed by atoms with Gasteiger partial charge in [0.1, 0.15) is 11.2 Å². The van der Waals surface area contributed by atoms with Crippen LogP contribution in [0.1, 0.15) is 0 Å². The fraction of sp³-hybridized carbons (Fsp3) is 0. The van der Waals surface area contributed by atoms with Crippen molar-refractivity contribution in [3.63, 3.8) is 0 Å². The van der Waals surface area contributed by atoms with Crippen molar-refractivity contribution in [3.8, 4) is 33.9 Å². The van der Waals surface area contributed by atoms with Crippen LogP contribution < -0.4 is 0 Å². The molecule has 0 atom stereocenters. The van der Waals surface area contributed by atoms with Crippen LogP contribution in [0.2, 0.25) is 0 Å². The third-order valence-corrected chi connectivity index (χ3v) is 11.0. The summed E-state index contributed by atoms with van der Waals surface area (Å²) < 4.78 is 11.3. The van der Waals surface area contributed by atoms with E-state index in [9.17, 15) is 0 Å². The summed E-state index contributed by atoms with van der Waals surface area (Å²) in [5.41, 5.74) is 6.59. The topological polar surface area (TPSA) is 38.9 Å². The molecule has 0 saturated carbocycles. The van der Waals surface area contributed by atoms with Gasteiger partial charge >= 0.3 is 0 Å². The minimum atomic E-state index is 0.678. The van der Waals surface area contributed by atoms with Gasteiger partial charge in [-0.1, -0.05) is 84.9 Å². The van der Waals surface area contributed by atoms with Crippen LogP contribution in [0.15, 0.2) is 138 Å². The van der Waals surface area contributed by atoms with Crippen LogP contribution in [-0.4, -0.2) is 9.97 Å². The van der Waals surface area contributed by atoms with Crippen LogP contribution in [0.5, 0.6) is 0 Å². The number of hydrogen-bond donors (Lipinski definition) is 0. The Bertz CT molecular complexity index is 2470. The minimum absolute atomic E-state index is 0.678. The number of thiophene rings is 2. The minimum Gasteiger partial charge on any atom is -0.456 e. The first-order valence-electron chi connectivity index (χ1n) is 14.9. The summed E-state index contributed by atoms with van der Waals surface area (Å²) in [5, 5.41) is 7.35. The van der Waals surface area contributed by atoms with Crippen LogP contribution >= 0.6 is 22.7 Å². The Morgan fingerprint density at radius 1 is 0.378 bits per heavy atom. The Morgan fingerprint density at radius 3 is 1.51 bits per heavy atom. The van der Waals surface area contributed by atoms with E-state index in [0.717, 1.165) is 50.0 Å². The molecule has 0 N–H and O–H groups in total. The molecule has 0 amide bonds. The summed E-state index contributed by atoms with van der Waals surface area (Å²) in [6.07, 6.45) is 0. The van der Waals surface area contributed by atoms with Gasteiger partial charge in [-0.05, 0) is 48.5 Å². The van der Waals surface area contributed by atoms with Crippen LogP contribution in [0, 0.1) is 0 Å². The van der Waals surface area contributed by atoms with Gasteiger partial charge in [-0.3, -0.25) is 0 Å². The maximum Gasteiger partial charge on any atom is 0.160 e. The molecule has 210 valence electrons. The number of furan rings is 1. The van der Waals surface area contributed by atoms with Gasteiger partial charge in [-0.15, -0.1) is 22.7 Å². The van der Waals surface area contributed by atoms with Crippen LogP contribution in [0.3, 0.4) is 0 Å². The zero-order valence-electron chi connectivity index (χ0n) is 23.8. The summed E-state index contributed by atoms with van der Waals surface area (Å²) in [7, 11) is 0. The second-order valence-corrected chi connectivity index (χ2v) is 13.6. The summed E-state index contributed by atoms with van der Waals surface area (Å²) in [5.74, 6) is 0.678. The van der Waals surface area contributed by atoms with Crippen molar-refractivity contribution in [1.82, 2.24) is 9.97 Å². The predicted molar refractivity (Wildman–Crippen MR) is 191 cm³/mol. The van der Waals surface area contributed by atoms with E-state index in [2.05, 4.69) is 115 Å². The van der Waals surface area contributed by atoms with E-state index in [0.29, 0.717) is 5.82 Å². The highest BCUT2D eigenvalue weighted by Crippen LogP contribution is 2.39. The third-order valence-electron chi connectivity index (χ3n) is 8.71. The SMILES string of the molecule is c1ccc2c(c1)oc1cc(-c3nc(-c4ccc5c(c4)sc4ccccc45)cc(-c4ccc5c(c4)sc4ccccc45)n3)ccc12. The number of aromatic nitrogens is 2. The molecule has 10 rings (SSSR count). The smallest absolute Gasteiger partial charge is 0.160 e. The first-order chi connectivity index (χ1) is 22.2. The monoisotopic (exact) mass is 610 g/mol. The van der Waals surface area contributed by atoms with E-state index in [1.165, 1.54) is 40.3 Å². The van der Waals surface area contributed by atoms with E-state index in [1.54, 1.807) is 0 Å². The Balaban J connectivity index is 1.18. The average Bonchev–Trinajstić information content (AvgIpc) is 3.78. The van der Waals surface area contributed by atoms with E-state index in [1.807, 2.05) is 40.9 Å². The molecule has 5 heteroatoms. The molecule has 0 fully saturated rings. The Morgan fingerprint density at radius 2 is 0.867 bits per heavy atom. The number of fused-ring (bicyclic) bond motifs is 9. The molecule has 3 nitrogen and oxygen atoms in total. The molecule has 0 saturated heterocycles. The zero-order chi connectivity index (χ0) is 29.5. The molecule has 10 aromatic rings. The number of rotatable bonds is 3. The largest absolute Gasteiger partial charge is 0.456 e. The highest BCUT2D eigenvalue weighted by atomic mass is 32.1. The molecule has 0 radical (unpaired) electrons. The van der Waals surface area contributed by atoms with Gasteiger partial charge in [-0.25, -0.2) is 9.97 Å². The van der Waals surface area contributed by atoms with Gasteiger partial charge in [-0.2, -0.15) is 0 Å². The van der Waals surface area contributed by atoms with Crippen molar-refractivity contribution >= 4 is 85.0 Å². The molecular weight excluding hydrogens is 589 g/mol. The lowest BCUT2D eigenvalue weighted by Crippen LogP contribution is -1.96. The number of benzene rings is 6. The maximum atomic E-state index is 6.25. The van der Waals surface area contributed by atoms with Crippen LogP contribution in [-0.2, 0) is 0 Å². The first-order valence-corrected chi connectivity index (χ1v) is 16.5. The fourth-order valence-electron chi connectivity index (χ4n) is 6.51. The van der Waals surface area contributed by atoms with Crippen molar-refractivity contribution in [3.05, 3.63) is 133 Å². The molecule has 0 aliphatic carbocycles. The van der Waals surface area contributed by atoms with Gasteiger partial charge in [0.2, 0.25) is 0 Å². The van der Waals surface area contributed by atoms with Crippen LogP contribution in [0.25, 0.3) is 96.2 Å². The molecule has 0 aliphatic rings.